The fraction of sp³-hybridized carbons (Fsp3) is 0.583. The lowest BCUT2D eigenvalue weighted by Crippen LogP contribution is -2.38. The average Bonchev–Trinajstić information content (AvgIpc) is 2.77. The molecule has 0 aliphatic rings. The van der Waals surface area contributed by atoms with E-state index >= 15 is 0 Å². The maximum atomic E-state index is 12.1. The zero-order valence-corrected chi connectivity index (χ0v) is 20.8. The molecule has 0 aromatic heterocycles. The van der Waals surface area contributed by atoms with Gasteiger partial charge in [0.1, 0.15) is 6.04 Å². The number of carboxylic acid groups (broad SMARTS) is 1. The number of hydrogen-bond acceptors (Lipinski definition) is 10. The van der Waals surface area contributed by atoms with Crippen LogP contribution in [0.1, 0.15) is 65.4 Å². The monoisotopic (exact) mass is 497 g/mol. The number of esters is 1. The SMILES string of the molecule is CCOC(=O)Oc1ccc(C(CC(C)OC(=O)CCC(C)C)[C@H](N)C(=O)O)cc1OC(=O)OCC. The van der Waals surface area contributed by atoms with E-state index in [4.69, 9.17) is 29.4 Å². The topological polar surface area (TPSA) is 161 Å². The third kappa shape index (κ3) is 10.6. The lowest BCUT2D eigenvalue weighted by molar-refractivity contribution is -0.149. The average molecular weight is 498 g/mol. The first-order valence-electron chi connectivity index (χ1n) is 11.5. The lowest BCUT2D eigenvalue weighted by Gasteiger charge is -2.25. The Morgan fingerprint density at radius 1 is 0.943 bits per heavy atom. The molecule has 0 aliphatic heterocycles. The van der Waals surface area contributed by atoms with Gasteiger partial charge in [0.25, 0.3) is 0 Å². The number of hydrogen-bond donors (Lipinski definition) is 2. The molecule has 3 N–H and O–H groups in total. The summed E-state index contributed by atoms with van der Waals surface area (Å²) in [5, 5.41) is 9.55. The molecular weight excluding hydrogens is 462 g/mol. The molecule has 35 heavy (non-hydrogen) atoms. The minimum atomic E-state index is -1.36. The summed E-state index contributed by atoms with van der Waals surface area (Å²) in [6.45, 7) is 8.90. The third-order valence-corrected chi connectivity index (χ3v) is 4.87. The van der Waals surface area contributed by atoms with Gasteiger partial charge in [0, 0.05) is 12.3 Å². The molecule has 0 radical (unpaired) electrons. The van der Waals surface area contributed by atoms with Crippen LogP contribution >= 0.6 is 0 Å². The second-order valence-electron chi connectivity index (χ2n) is 8.22. The first-order valence-corrected chi connectivity index (χ1v) is 11.5. The van der Waals surface area contributed by atoms with Gasteiger partial charge in [-0.15, -0.1) is 0 Å². The molecule has 0 heterocycles. The van der Waals surface area contributed by atoms with Gasteiger partial charge >= 0.3 is 24.2 Å². The Balaban J connectivity index is 3.23. The van der Waals surface area contributed by atoms with Gasteiger partial charge in [-0.05, 0) is 57.2 Å². The molecule has 0 amide bonds. The molecule has 1 aromatic carbocycles. The lowest BCUT2D eigenvalue weighted by atomic mass is 9.87. The second-order valence-corrected chi connectivity index (χ2v) is 8.22. The molecule has 0 spiro atoms. The van der Waals surface area contributed by atoms with Gasteiger partial charge in [-0.1, -0.05) is 19.9 Å². The molecule has 0 bridgehead atoms. The van der Waals surface area contributed by atoms with Crippen LogP contribution in [-0.4, -0.2) is 54.7 Å². The maximum absolute atomic E-state index is 12.1. The maximum Gasteiger partial charge on any atom is 0.513 e. The van der Waals surface area contributed by atoms with Gasteiger partial charge in [0.2, 0.25) is 0 Å². The zero-order valence-electron chi connectivity index (χ0n) is 20.8. The standard InChI is InChI=1S/C24H35NO10/c1-6-31-23(29)34-18-10-9-16(13-19(18)35-24(30)32-7-2)17(21(25)22(27)28)12-15(5)33-20(26)11-8-14(3)4/h9-10,13-15,17,21H,6-8,11-12,25H2,1-5H3,(H,27,28)/t15?,17?,21-/m0/s1. The highest BCUT2D eigenvalue weighted by Crippen LogP contribution is 2.35. The van der Waals surface area contributed by atoms with Crippen molar-refractivity contribution in [3.05, 3.63) is 23.8 Å². The van der Waals surface area contributed by atoms with E-state index in [1.165, 1.54) is 18.2 Å². The number of aliphatic carboxylic acids is 1. The molecule has 0 aliphatic carbocycles. The van der Waals surface area contributed by atoms with Crippen LogP contribution in [0, 0.1) is 5.92 Å². The number of carboxylic acids is 1. The molecule has 11 nitrogen and oxygen atoms in total. The predicted octanol–water partition coefficient (Wildman–Crippen LogP) is 4.01. The van der Waals surface area contributed by atoms with E-state index in [2.05, 4.69) is 0 Å². The number of ether oxygens (including phenoxy) is 5. The van der Waals surface area contributed by atoms with Crippen molar-refractivity contribution >= 4 is 24.2 Å². The molecule has 3 atom stereocenters. The summed E-state index contributed by atoms with van der Waals surface area (Å²) in [5.74, 6) is -2.50. The summed E-state index contributed by atoms with van der Waals surface area (Å²) < 4.78 is 25.2. The van der Waals surface area contributed by atoms with Gasteiger partial charge in [-0.25, -0.2) is 9.59 Å². The molecule has 0 fully saturated rings. The smallest absolute Gasteiger partial charge is 0.480 e. The summed E-state index contributed by atoms with van der Waals surface area (Å²) in [6, 6.07) is 2.76. The van der Waals surface area contributed by atoms with E-state index in [-0.39, 0.29) is 37.6 Å². The molecule has 11 heteroatoms. The number of nitrogens with two attached hydrogens (primary N) is 1. The Bertz CT molecular complexity index is 870. The summed E-state index contributed by atoms with van der Waals surface area (Å²) in [7, 11) is 0. The van der Waals surface area contributed by atoms with Crippen LogP contribution < -0.4 is 15.2 Å². The summed E-state index contributed by atoms with van der Waals surface area (Å²) in [5.41, 5.74) is 6.31. The van der Waals surface area contributed by atoms with E-state index in [1.54, 1.807) is 20.8 Å². The molecule has 0 saturated heterocycles. The highest BCUT2D eigenvalue weighted by molar-refractivity contribution is 5.75. The fourth-order valence-electron chi connectivity index (χ4n) is 3.15. The summed E-state index contributed by atoms with van der Waals surface area (Å²) in [6.07, 6.45) is -1.72. The van der Waals surface area contributed by atoms with E-state index < -0.39 is 42.3 Å². The van der Waals surface area contributed by atoms with Crippen molar-refractivity contribution < 1.29 is 48.0 Å². The molecule has 1 aromatic rings. The Morgan fingerprint density at radius 3 is 2.03 bits per heavy atom. The van der Waals surface area contributed by atoms with Crippen LogP contribution in [-0.2, 0) is 23.8 Å². The van der Waals surface area contributed by atoms with Crippen molar-refractivity contribution in [3.8, 4) is 11.5 Å². The van der Waals surface area contributed by atoms with Gasteiger partial charge in [0.15, 0.2) is 11.5 Å². The minimum absolute atomic E-state index is 0.0405. The van der Waals surface area contributed by atoms with E-state index in [9.17, 15) is 24.3 Å². The number of benzene rings is 1. The molecule has 196 valence electrons. The Kier molecular flexibility index (Phi) is 12.6. The van der Waals surface area contributed by atoms with Crippen molar-refractivity contribution in [1.82, 2.24) is 0 Å². The summed E-state index contributed by atoms with van der Waals surface area (Å²) in [4.78, 5) is 47.5. The van der Waals surface area contributed by atoms with Crippen LogP contribution in [0.5, 0.6) is 11.5 Å². The second kappa shape index (κ2) is 14.8. The first-order chi connectivity index (χ1) is 16.5. The van der Waals surface area contributed by atoms with Crippen LogP contribution in [0.4, 0.5) is 9.59 Å². The van der Waals surface area contributed by atoms with E-state index in [0.717, 1.165) is 0 Å². The van der Waals surface area contributed by atoms with Crippen molar-refractivity contribution in [2.24, 2.45) is 11.7 Å². The third-order valence-electron chi connectivity index (χ3n) is 4.87. The fourth-order valence-corrected chi connectivity index (χ4v) is 3.15. The predicted molar refractivity (Wildman–Crippen MR) is 124 cm³/mol. The summed E-state index contributed by atoms with van der Waals surface area (Å²) >= 11 is 0. The van der Waals surface area contributed by atoms with Crippen molar-refractivity contribution in [1.29, 1.82) is 0 Å². The van der Waals surface area contributed by atoms with Gasteiger partial charge in [-0.3, -0.25) is 9.59 Å². The molecular formula is C24H35NO10. The number of carbonyl (C=O) groups is 4. The Labute approximate surface area is 204 Å². The highest BCUT2D eigenvalue weighted by Gasteiger charge is 2.30. The molecule has 1 rings (SSSR count). The normalized spacial score (nSPS) is 13.3. The molecule has 2 unspecified atom stereocenters. The van der Waals surface area contributed by atoms with Crippen LogP contribution in [0.3, 0.4) is 0 Å². The first kappa shape index (κ1) is 29.7. The van der Waals surface area contributed by atoms with E-state index in [0.29, 0.717) is 17.9 Å². The highest BCUT2D eigenvalue weighted by atomic mass is 16.7. The quantitative estimate of drug-likeness (QED) is 0.230. The van der Waals surface area contributed by atoms with Gasteiger partial charge < -0.3 is 34.5 Å². The minimum Gasteiger partial charge on any atom is -0.480 e. The Hall–Kier alpha value is -3.34. The van der Waals surface area contributed by atoms with Crippen molar-refractivity contribution in [2.45, 2.75) is 71.9 Å². The Morgan fingerprint density at radius 2 is 1.51 bits per heavy atom. The van der Waals surface area contributed by atoms with Gasteiger partial charge in [0.05, 0.1) is 19.3 Å². The van der Waals surface area contributed by atoms with Crippen LogP contribution in [0.25, 0.3) is 0 Å². The number of rotatable bonds is 13. The van der Waals surface area contributed by atoms with Gasteiger partial charge in [-0.2, -0.15) is 0 Å². The van der Waals surface area contributed by atoms with Crippen molar-refractivity contribution in [2.75, 3.05) is 13.2 Å². The largest absolute Gasteiger partial charge is 0.513 e. The number of carbonyl (C=O) groups excluding carboxylic acids is 3. The van der Waals surface area contributed by atoms with Crippen LogP contribution in [0.15, 0.2) is 18.2 Å². The van der Waals surface area contributed by atoms with E-state index in [1.807, 2.05) is 13.8 Å². The van der Waals surface area contributed by atoms with Crippen LogP contribution in [0.2, 0.25) is 0 Å². The molecule has 0 saturated carbocycles. The van der Waals surface area contributed by atoms with Crippen molar-refractivity contribution in [3.63, 3.8) is 0 Å². The zero-order chi connectivity index (χ0) is 26.5.